The number of nitrogens with zero attached hydrogens (tertiary/aromatic N) is 2. The van der Waals surface area contributed by atoms with Crippen LogP contribution in [0.2, 0.25) is 5.02 Å². The zero-order chi connectivity index (χ0) is 21.3. The number of likely N-dealkylation sites (tertiary alicyclic amines) is 1. The number of ether oxygens (including phenoxy) is 1. The van der Waals surface area contributed by atoms with Crippen LogP contribution in [0.3, 0.4) is 0 Å². The first-order chi connectivity index (χ1) is 14.5. The number of piperidine rings is 1. The number of aliphatic hydroxyl groups is 1. The van der Waals surface area contributed by atoms with Crippen molar-refractivity contribution in [2.45, 2.75) is 32.3 Å². The lowest BCUT2D eigenvalue weighted by atomic mass is 10.0. The second-order valence-corrected chi connectivity index (χ2v) is 8.35. The summed E-state index contributed by atoms with van der Waals surface area (Å²) in [5, 5.41) is 12.8. The van der Waals surface area contributed by atoms with E-state index in [0.29, 0.717) is 17.1 Å². The molecule has 0 aliphatic carbocycles. The van der Waals surface area contributed by atoms with Crippen LogP contribution in [0.1, 0.15) is 47.0 Å². The summed E-state index contributed by atoms with van der Waals surface area (Å²) in [7, 11) is 1.38. The first-order valence-electron chi connectivity index (χ1n) is 10.4. The van der Waals surface area contributed by atoms with E-state index in [1.54, 1.807) is 6.07 Å². The number of β-amino-alcohol motifs (C(OH)–C–C–N with tert-alkyl or cyclic N) is 1. The molecule has 0 bridgehead atoms. The number of carbonyl (C=O) groups excluding carboxylic acids is 1. The number of benzene rings is 2. The zero-order valence-electron chi connectivity index (χ0n) is 17.4. The van der Waals surface area contributed by atoms with Gasteiger partial charge in [0, 0.05) is 33.9 Å². The Morgan fingerprint density at radius 1 is 1.13 bits per heavy atom. The number of methoxy groups -OCH3 is 1. The van der Waals surface area contributed by atoms with Gasteiger partial charge >= 0.3 is 5.97 Å². The lowest BCUT2D eigenvalue weighted by Gasteiger charge is -2.28. The van der Waals surface area contributed by atoms with Gasteiger partial charge in [-0.3, -0.25) is 0 Å². The summed E-state index contributed by atoms with van der Waals surface area (Å²) < 4.78 is 6.99. The van der Waals surface area contributed by atoms with Crippen molar-refractivity contribution in [3.05, 3.63) is 64.3 Å². The van der Waals surface area contributed by atoms with E-state index in [1.165, 1.54) is 26.4 Å². The van der Waals surface area contributed by atoms with Crippen molar-refractivity contribution in [3.8, 4) is 5.69 Å². The van der Waals surface area contributed by atoms with E-state index in [2.05, 4.69) is 9.47 Å². The second kappa shape index (κ2) is 8.80. The lowest BCUT2D eigenvalue weighted by Crippen LogP contribution is -2.33. The number of aromatic nitrogens is 1. The molecule has 3 aromatic rings. The van der Waals surface area contributed by atoms with Crippen LogP contribution < -0.4 is 0 Å². The van der Waals surface area contributed by atoms with Gasteiger partial charge in [0.2, 0.25) is 0 Å². The molecule has 1 aromatic heterocycles. The zero-order valence-corrected chi connectivity index (χ0v) is 18.2. The summed E-state index contributed by atoms with van der Waals surface area (Å²) in [6.45, 7) is 4.68. The van der Waals surface area contributed by atoms with Crippen LogP contribution in [0, 0.1) is 6.92 Å². The number of esters is 1. The molecule has 0 amide bonds. The van der Waals surface area contributed by atoms with Crippen LogP contribution in [-0.2, 0) is 4.74 Å². The van der Waals surface area contributed by atoms with E-state index in [-0.39, 0.29) is 5.97 Å². The number of hydrogen-bond donors (Lipinski definition) is 1. The monoisotopic (exact) mass is 426 g/mol. The molecule has 1 saturated heterocycles. The highest BCUT2D eigenvalue weighted by Gasteiger charge is 2.24. The van der Waals surface area contributed by atoms with Crippen molar-refractivity contribution in [1.82, 2.24) is 9.47 Å². The third kappa shape index (κ3) is 3.97. The van der Waals surface area contributed by atoms with Crippen molar-refractivity contribution in [1.29, 1.82) is 0 Å². The molecule has 6 heteroatoms. The Kier molecular flexibility index (Phi) is 6.14. The molecule has 2 aromatic carbocycles. The Labute approximate surface area is 181 Å². The fraction of sp³-hybridized carbons (Fsp3) is 0.375. The first kappa shape index (κ1) is 20.9. The Bertz CT molecular complexity index is 1050. The molecule has 30 heavy (non-hydrogen) atoms. The number of halogens is 1. The van der Waals surface area contributed by atoms with E-state index in [0.717, 1.165) is 40.9 Å². The van der Waals surface area contributed by atoms with Crippen molar-refractivity contribution in [2.75, 3.05) is 26.7 Å². The molecule has 1 aliphatic rings. The minimum Gasteiger partial charge on any atom is -0.465 e. The summed E-state index contributed by atoms with van der Waals surface area (Å²) in [5.41, 5.74) is 4.14. The normalized spacial score (nSPS) is 16.0. The van der Waals surface area contributed by atoms with E-state index >= 15 is 0 Å². The maximum Gasteiger partial charge on any atom is 0.337 e. The summed E-state index contributed by atoms with van der Waals surface area (Å²) in [4.78, 5) is 14.5. The topological polar surface area (TPSA) is 54.7 Å². The highest BCUT2D eigenvalue weighted by Crippen LogP contribution is 2.35. The molecule has 0 saturated carbocycles. The second-order valence-electron chi connectivity index (χ2n) is 7.91. The van der Waals surface area contributed by atoms with Gasteiger partial charge in [-0.25, -0.2) is 4.79 Å². The minimum absolute atomic E-state index is 0.381. The molecule has 4 rings (SSSR count). The van der Waals surface area contributed by atoms with Gasteiger partial charge in [-0.2, -0.15) is 0 Å². The Morgan fingerprint density at radius 2 is 1.83 bits per heavy atom. The Balaban J connectivity index is 1.84. The summed E-state index contributed by atoms with van der Waals surface area (Å²) in [6, 6.07) is 13.1. The van der Waals surface area contributed by atoms with Crippen LogP contribution in [0.5, 0.6) is 0 Å². The SMILES string of the molecule is COC(=O)c1ccc2c(C(O)CN3CCCCC3)c(C)n(-c3ccc(Cl)cc3)c2c1. The minimum atomic E-state index is -0.608. The predicted octanol–water partition coefficient (Wildman–Crippen LogP) is 4.90. The Hall–Kier alpha value is -2.34. The van der Waals surface area contributed by atoms with Crippen molar-refractivity contribution in [2.24, 2.45) is 0 Å². The van der Waals surface area contributed by atoms with Gasteiger partial charge in [0.05, 0.1) is 24.3 Å². The molecule has 1 N–H and O–H groups in total. The summed E-state index contributed by atoms with van der Waals surface area (Å²) in [5.74, 6) is -0.381. The third-order valence-electron chi connectivity index (χ3n) is 5.97. The highest BCUT2D eigenvalue weighted by atomic mass is 35.5. The van der Waals surface area contributed by atoms with Gasteiger partial charge in [0.1, 0.15) is 0 Å². The van der Waals surface area contributed by atoms with Gasteiger partial charge in [0.15, 0.2) is 0 Å². The third-order valence-corrected chi connectivity index (χ3v) is 6.22. The standard InChI is InChI=1S/C24H27ClN2O3/c1-16-23(22(28)15-26-12-4-3-5-13-26)20-11-6-17(24(29)30-2)14-21(20)27(16)19-9-7-18(25)8-10-19/h6-11,14,22,28H,3-5,12-13,15H2,1-2H3. The van der Waals surface area contributed by atoms with Gasteiger partial charge in [-0.15, -0.1) is 0 Å². The average Bonchev–Trinajstić information content (AvgIpc) is 3.05. The van der Waals surface area contributed by atoms with E-state index < -0.39 is 6.10 Å². The van der Waals surface area contributed by atoms with Crippen LogP contribution in [0.25, 0.3) is 16.6 Å². The highest BCUT2D eigenvalue weighted by molar-refractivity contribution is 6.30. The van der Waals surface area contributed by atoms with Gasteiger partial charge in [-0.05, 0) is 69.3 Å². The maximum atomic E-state index is 12.1. The largest absolute Gasteiger partial charge is 0.465 e. The van der Waals surface area contributed by atoms with Crippen LogP contribution in [0.15, 0.2) is 42.5 Å². The fourth-order valence-corrected chi connectivity index (χ4v) is 4.63. The van der Waals surface area contributed by atoms with Crippen molar-refractivity contribution >= 4 is 28.5 Å². The molecule has 5 nitrogen and oxygen atoms in total. The number of fused-ring (bicyclic) bond motifs is 1. The predicted molar refractivity (Wildman–Crippen MR) is 120 cm³/mol. The fourth-order valence-electron chi connectivity index (χ4n) is 4.51. The molecule has 1 aliphatic heterocycles. The molecular formula is C24H27ClN2O3. The van der Waals surface area contributed by atoms with Gasteiger partial charge in [0.25, 0.3) is 0 Å². The van der Waals surface area contributed by atoms with Crippen LogP contribution in [0.4, 0.5) is 0 Å². The first-order valence-corrected chi connectivity index (χ1v) is 10.8. The molecule has 158 valence electrons. The molecule has 1 fully saturated rings. The van der Waals surface area contributed by atoms with Crippen molar-refractivity contribution < 1.29 is 14.6 Å². The van der Waals surface area contributed by atoms with E-state index in [1.807, 2.05) is 43.3 Å². The lowest BCUT2D eigenvalue weighted by molar-refractivity contribution is 0.0601. The quantitative estimate of drug-likeness (QED) is 0.589. The molecule has 2 heterocycles. The van der Waals surface area contributed by atoms with E-state index in [4.69, 9.17) is 16.3 Å². The Morgan fingerprint density at radius 3 is 2.50 bits per heavy atom. The smallest absolute Gasteiger partial charge is 0.337 e. The van der Waals surface area contributed by atoms with Crippen molar-refractivity contribution in [3.63, 3.8) is 0 Å². The molecule has 1 atom stereocenters. The molecular weight excluding hydrogens is 400 g/mol. The number of aliphatic hydroxyl groups excluding tert-OH is 1. The van der Waals surface area contributed by atoms with Gasteiger partial charge < -0.3 is 19.3 Å². The molecule has 0 spiro atoms. The average molecular weight is 427 g/mol. The van der Waals surface area contributed by atoms with E-state index in [9.17, 15) is 9.90 Å². The molecule has 0 radical (unpaired) electrons. The van der Waals surface area contributed by atoms with Crippen LogP contribution in [-0.4, -0.2) is 47.3 Å². The number of hydrogen-bond acceptors (Lipinski definition) is 4. The van der Waals surface area contributed by atoms with Crippen LogP contribution >= 0.6 is 11.6 Å². The molecule has 1 unspecified atom stereocenters. The maximum absolute atomic E-state index is 12.1. The summed E-state index contributed by atoms with van der Waals surface area (Å²) >= 11 is 6.09. The number of carbonyl (C=O) groups is 1. The number of rotatable bonds is 5. The van der Waals surface area contributed by atoms with Gasteiger partial charge in [-0.1, -0.05) is 24.1 Å². The summed E-state index contributed by atoms with van der Waals surface area (Å²) in [6.07, 6.45) is 3.02.